The third kappa shape index (κ3) is 5.51. The molecule has 0 saturated carbocycles. The monoisotopic (exact) mass is 435 g/mol. The second-order valence-corrected chi connectivity index (χ2v) is 8.26. The number of hydrogen-bond donors (Lipinski definition) is 3. The molecule has 0 unspecified atom stereocenters. The van der Waals surface area contributed by atoms with E-state index in [9.17, 15) is 14.4 Å². The normalized spacial score (nSPS) is 11.9. The first-order valence-electron chi connectivity index (χ1n) is 10.6. The lowest BCUT2D eigenvalue weighted by Crippen LogP contribution is -2.53. The van der Waals surface area contributed by atoms with Crippen molar-refractivity contribution in [3.05, 3.63) is 65.5 Å². The van der Waals surface area contributed by atoms with Crippen molar-refractivity contribution < 1.29 is 14.4 Å². The van der Waals surface area contributed by atoms with Crippen molar-refractivity contribution in [2.24, 2.45) is 13.0 Å². The number of amides is 3. The maximum Gasteiger partial charge on any atom is 0.260 e. The van der Waals surface area contributed by atoms with Crippen LogP contribution in [0.25, 0.3) is 11.0 Å². The lowest BCUT2D eigenvalue weighted by Gasteiger charge is -2.21. The summed E-state index contributed by atoms with van der Waals surface area (Å²) in [5, 5.41) is 2.79. The van der Waals surface area contributed by atoms with E-state index in [0.717, 1.165) is 16.6 Å². The van der Waals surface area contributed by atoms with E-state index in [1.807, 2.05) is 68.8 Å². The molecular formula is C24H29N5O3. The van der Waals surface area contributed by atoms with E-state index in [0.29, 0.717) is 17.8 Å². The van der Waals surface area contributed by atoms with Crippen molar-refractivity contribution in [2.45, 2.75) is 39.7 Å². The topological polar surface area (TPSA) is 105 Å². The van der Waals surface area contributed by atoms with Crippen LogP contribution in [0, 0.1) is 12.8 Å². The second-order valence-electron chi connectivity index (χ2n) is 8.26. The molecule has 0 aliphatic rings. The fourth-order valence-electron chi connectivity index (χ4n) is 3.53. The summed E-state index contributed by atoms with van der Waals surface area (Å²) in [5.41, 5.74) is 7.95. The van der Waals surface area contributed by atoms with E-state index in [1.54, 1.807) is 12.1 Å². The predicted molar refractivity (Wildman–Crippen MR) is 123 cm³/mol. The van der Waals surface area contributed by atoms with E-state index in [-0.39, 0.29) is 18.2 Å². The molecule has 32 heavy (non-hydrogen) atoms. The zero-order chi connectivity index (χ0) is 23.3. The Balaban J connectivity index is 1.61. The zero-order valence-corrected chi connectivity index (χ0v) is 18.8. The number of para-hydroxylation sites is 2. The van der Waals surface area contributed by atoms with Gasteiger partial charge in [-0.05, 0) is 43.0 Å². The molecule has 2 aromatic carbocycles. The van der Waals surface area contributed by atoms with Crippen LogP contribution in [-0.4, -0.2) is 33.3 Å². The van der Waals surface area contributed by atoms with Crippen molar-refractivity contribution in [3.63, 3.8) is 0 Å². The van der Waals surface area contributed by atoms with Crippen molar-refractivity contribution >= 4 is 28.8 Å². The SMILES string of the molecule is Cc1ccccc1C(=O)N[C@H](CC(C)C)C(=O)NNC(=O)Cc1nc2ccccc2n1C. The van der Waals surface area contributed by atoms with Gasteiger partial charge in [-0.3, -0.25) is 25.2 Å². The number of carbonyl (C=O) groups excluding carboxylic acids is 3. The minimum Gasteiger partial charge on any atom is -0.340 e. The van der Waals surface area contributed by atoms with E-state index >= 15 is 0 Å². The maximum atomic E-state index is 12.7. The molecular weight excluding hydrogens is 406 g/mol. The molecule has 3 rings (SSSR count). The molecule has 0 aliphatic carbocycles. The fraction of sp³-hybridized carbons (Fsp3) is 0.333. The van der Waals surface area contributed by atoms with Gasteiger partial charge in [0.2, 0.25) is 5.91 Å². The van der Waals surface area contributed by atoms with Gasteiger partial charge in [-0.1, -0.05) is 44.2 Å². The molecule has 8 heteroatoms. The van der Waals surface area contributed by atoms with Crippen LogP contribution in [0.1, 0.15) is 42.0 Å². The van der Waals surface area contributed by atoms with Crippen LogP contribution < -0.4 is 16.2 Å². The third-order valence-corrected chi connectivity index (χ3v) is 5.24. The van der Waals surface area contributed by atoms with Gasteiger partial charge in [0.05, 0.1) is 17.5 Å². The van der Waals surface area contributed by atoms with Gasteiger partial charge in [0, 0.05) is 12.6 Å². The number of rotatable bonds is 7. The van der Waals surface area contributed by atoms with Crippen molar-refractivity contribution in [1.29, 1.82) is 0 Å². The summed E-state index contributed by atoms with van der Waals surface area (Å²) in [6.07, 6.45) is 0.444. The number of nitrogens with one attached hydrogen (secondary N) is 3. The molecule has 8 nitrogen and oxygen atoms in total. The molecule has 0 radical (unpaired) electrons. The average Bonchev–Trinajstić information content (AvgIpc) is 3.07. The predicted octanol–water partition coefficient (Wildman–Crippen LogP) is 2.42. The van der Waals surface area contributed by atoms with Crippen LogP contribution in [0.3, 0.4) is 0 Å². The molecule has 0 fully saturated rings. The molecule has 1 atom stereocenters. The number of hydrogen-bond acceptors (Lipinski definition) is 4. The van der Waals surface area contributed by atoms with Crippen molar-refractivity contribution in [3.8, 4) is 0 Å². The number of hydrazine groups is 1. The first kappa shape index (κ1) is 23.0. The number of aromatic nitrogens is 2. The Morgan fingerprint density at radius 3 is 2.38 bits per heavy atom. The number of carbonyl (C=O) groups is 3. The number of fused-ring (bicyclic) bond motifs is 1. The largest absolute Gasteiger partial charge is 0.340 e. The van der Waals surface area contributed by atoms with Crippen LogP contribution in [0.5, 0.6) is 0 Å². The number of benzene rings is 2. The van der Waals surface area contributed by atoms with Gasteiger partial charge in [-0.25, -0.2) is 4.98 Å². The number of nitrogens with zero attached hydrogens (tertiary/aromatic N) is 2. The van der Waals surface area contributed by atoms with Crippen molar-refractivity contribution in [1.82, 2.24) is 25.7 Å². The quantitative estimate of drug-likeness (QED) is 0.496. The highest BCUT2D eigenvalue weighted by atomic mass is 16.2. The van der Waals surface area contributed by atoms with E-state index in [4.69, 9.17) is 0 Å². The summed E-state index contributed by atoms with van der Waals surface area (Å²) in [6, 6.07) is 14.0. The summed E-state index contributed by atoms with van der Waals surface area (Å²) < 4.78 is 1.85. The molecule has 3 aromatic rings. The van der Waals surface area contributed by atoms with E-state index in [2.05, 4.69) is 21.2 Å². The summed E-state index contributed by atoms with van der Waals surface area (Å²) in [7, 11) is 1.84. The van der Waals surface area contributed by atoms with Crippen LogP contribution >= 0.6 is 0 Å². The first-order chi connectivity index (χ1) is 15.3. The molecule has 0 aliphatic heterocycles. The van der Waals surface area contributed by atoms with Gasteiger partial charge in [-0.2, -0.15) is 0 Å². The smallest absolute Gasteiger partial charge is 0.260 e. The summed E-state index contributed by atoms with van der Waals surface area (Å²) in [4.78, 5) is 42.3. The minimum absolute atomic E-state index is 0.00980. The molecule has 0 bridgehead atoms. The highest BCUT2D eigenvalue weighted by Crippen LogP contribution is 2.14. The summed E-state index contributed by atoms with van der Waals surface area (Å²) >= 11 is 0. The highest BCUT2D eigenvalue weighted by Gasteiger charge is 2.24. The highest BCUT2D eigenvalue weighted by molar-refractivity contribution is 5.98. The van der Waals surface area contributed by atoms with Gasteiger partial charge in [0.1, 0.15) is 11.9 Å². The Labute approximate surface area is 187 Å². The lowest BCUT2D eigenvalue weighted by molar-refractivity contribution is -0.129. The Hall–Kier alpha value is -3.68. The Bertz CT molecular complexity index is 1140. The van der Waals surface area contributed by atoms with Gasteiger partial charge in [0.15, 0.2) is 0 Å². The first-order valence-corrected chi connectivity index (χ1v) is 10.6. The Morgan fingerprint density at radius 2 is 1.69 bits per heavy atom. The Morgan fingerprint density at radius 1 is 1.00 bits per heavy atom. The van der Waals surface area contributed by atoms with E-state index < -0.39 is 17.9 Å². The van der Waals surface area contributed by atoms with Crippen molar-refractivity contribution in [2.75, 3.05) is 0 Å². The molecule has 3 amide bonds. The van der Waals surface area contributed by atoms with Crippen LogP contribution in [0.2, 0.25) is 0 Å². The minimum atomic E-state index is -0.779. The van der Waals surface area contributed by atoms with Crippen LogP contribution in [-0.2, 0) is 23.1 Å². The van der Waals surface area contributed by atoms with Gasteiger partial charge in [0.25, 0.3) is 11.8 Å². The number of imidazole rings is 1. The summed E-state index contributed by atoms with van der Waals surface area (Å²) in [5.74, 6) is -0.442. The molecule has 168 valence electrons. The van der Waals surface area contributed by atoms with Crippen LogP contribution in [0.4, 0.5) is 0 Å². The standard InChI is InChI=1S/C24H29N5O3/c1-15(2)13-19(26-23(31)17-10-6-5-9-16(17)3)24(32)28-27-22(30)14-21-25-18-11-7-8-12-20(18)29(21)4/h5-12,15,19H,13-14H2,1-4H3,(H,26,31)(H,27,30)(H,28,32)/t19-/m1/s1. The molecule has 1 heterocycles. The summed E-state index contributed by atoms with van der Waals surface area (Å²) in [6.45, 7) is 5.77. The molecule has 1 aromatic heterocycles. The van der Waals surface area contributed by atoms with Gasteiger partial charge >= 0.3 is 0 Å². The maximum absolute atomic E-state index is 12.7. The average molecular weight is 436 g/mol. The van der Waals surface area contributed by atoms with E-state index in [1.165, 1.54) is 0 Å². The molecule has 0 saturated heterocycles. The van der Waals surface area contributed by atoms with Gasteiger partial charge < -0.3 is 9.88 Å². The fourth-order valence-corrected chi connectivity index (χ4v) is 3.53. The zero-order valence-electron chi connectivity index (χ0n) is 18.8. The van der Waals surface area contributed by atoms with Gasteiger partial charge in [-0.15, -0.1) is 0 Å². The number of aryl methyl sites for hydroxylation is 2. The second kappa shape index (κ2) is 10.1. The Kier molecular flexibility index (Phi) is 7.25. The van der Waals surface area contributed by atoms with Crippen LogP contribution in [0.15, 0.2) is 48.5 Å². The molecule has 3 N–H and O–H groups in total. The molecule has 0 spiro atoms. The lowest BCUT2D eigenvalue weighted by atomic mass is 10.0. The third-order valence-electron chi connectivity index (χ3n) is 5.24.